The average molecular weight is 292 g/mol. The Labute approximate surface area is 102 Å². The Bertz CT molecular complexity index is 364. The van der Waals surface area contributed by atoms with E-state index in [9.17, 15) is 4.79 Å². The SMILES string of the molecule is COCC(Cn1cc(Br)cc1C(=O)O)OC. The van der Waals surface area contributed by atoms with E-state index in [4.69, 9.17) is 14.6 Å². The van der Waals surface area contributed by atoms with E-state index in [1.807, 2.05) is 0 Å². The van der Waals surface area contributed by atoms with Crippen LogP contribution in [0.2, 0.25) is 0 Å². The molecule has 0 aliphatic heterocycles. The van der Waals surface area contributed by atoms with Crippen molar-refractivity contribution in [2.24, 2.45) is 0 Å². The van der Waals surface area contributed by atoms with Crippen LogP contribution in [0, 0.1) is 0 Å². The van der Waals surface area contributed by atoms with Gasteiger partial charge in [0, 0.05) is 24.9 Å². The molecule has 1 N–H and O–H groups in total. The van der Waals surface area contributed by atoms with Crippen LogP contribution in [0.4, 0.5) is 0 Å². The Balaban J connectivity index is 2.82. The quantitative estimate of drug-likeness (QED) is 0.865. The molecule has 0 amide bonds. The number of methoxy groups -OCH3 is 2. The Kier molecular flexibility index (Phi) is 4.98. The molecule has 1 aromatic rings. The molecule has 1 rings (SSSR count). The predicted octanol–water partition coefficient (Wildman–Crippen LogP) is 1.61. The maximum atomic E-state index is 10.9. The van der Waals surface area contributed by atoms with E-state index in [1.54, 1.807) is 31.0 Å². The average Bonchev–Trinajstić information content (AvgIpc) is 2.59. The fourth-order valence-electron chi connectivity index (χ4n) is 1.41. The molecular weight excluding hydrogens is 278 g/mol. The van der Waals surface area contributed by atoms with E-state index in [-0.39, 0.29) is 11.8 Å². The van der Waals surface area contributed by atoms with Crippen LogP contribution in [-0.2, 0) is 16.0 Å². The molecule has 90 valence electrons. The summed E-state index contributed by atoms with van der Waals surface area (Å²) in [7, 11) is 3.15. The highest BCUT2D eigenvalue weighted by molar-refractivity contribution is 9.10. The number of nitrogens with zero attached hydrogens (tertiary/aromatic N) is 1. The van der Waals surface area contributed by atoms with Crippen LogP contribution in [0.3, 0.4) is 0 Å². The van der Waals surface area contributed by atoms with Crippen LogP contribution in [0.15, 0.2) is 16.7 Å². The summed E-state index contributed by atoms with van der Waals surface area (Å²) < 4.78 is 12.5. The second-order valence-corrected chi connectivity index (χ2v) is 4.23. The highest BCUT2D eigenvalue weighted by Gasteiger charge is 2.15. The first-order valence-corrected chi connectivity index (χ1v) is 5.48. The van der Waals surface area contributed by atoms with Gasteiger partial charge in [-0.05, 0) is 22.0 Å². The summed E-state index contributed by atoms with van der Waals surface area (Å²) in [5.41, 5.74) is 0.227. The zero-order chi connectivity index (χ0) is 12.1. The predicted molar refractivity (Wildman–Crippen MR) is 61.8 cm³/mol. The van der Waals surface area contributed by atoms with Gasteiger partial charge in [0.2, 0.25) is 0 Å². The minimum atomic E-state index is -0.960. The van der Waals surface area contributed by atoms with Crippen molar-refractivity contribution in [2.75, 3.05) is 20.8 Å². The monoisotopic (exact) mass is 291 g/mol. The summed E-state index contributed by atoms with van der Waals surface area (Å²) in [4.78, 5) is 10.9. The summed E-state index contributed by atoms with van der Waals surface area (Å²) >= 11 is 3.25. The number of aromatic carboxylic acids is 1. The van der Waals surface area contributed by atoms with E-state index < -0.39 is 5.97 Å². The third-order valence-electron chi connectivity index (χ3n) is 2.17. The fraction of sp³-hybridized carbons (Fsp3) is 0.500. The smallest absolute Gasteiger partial charge is 0.352 e. The number of carboxylic acids is 1. The highest BCUT2D eigenvalue weighted by Crippen LogP contribution is 2.16. The molecule has 6 heteroatoms. The van der Waals surface area contributed by atoms with E-state index in [1.165, 1.54) is 0 Å². The molecule has 1 aromatic heterocycles. The van der Waals surface area contributed by atoms with E-state index in [0.717, 1.165) is 4.47 Å². The molecule has 5 nitrogen and oxygen atoms in total. The lowest BCUT2D eigenvalue weighted by molar-refractivity contribution is 0.0176. The zero-order valence-corrected chi connectivity index (χ0v) is 10.7. The van der Waals surface area contributed by atoms with Gasteiger partial charge in [-0.25, -0.2) is 4.79 Å². The number of rotatable bonds is 6. The Morgan fingerprint density at radius 2 is 2.31 bits per heavy atom. The third kappa shape index (κ3) is 3.33. The summed E-state index contributed by atoms with van der Waals surface area (Å²) in [6, 6.07) is 1.56. The van der Waals surface area contributed by atoms with Crippen molar-refractivity contribution in [3.63, 3.8) is 0 Å². The van der Waals surface area contributed by atoms with Crippen LogP contribution < -0.4 is 0 Å². The van der Waals surface area contributed by atoms with Crippen LogP contribution in [0.25, 0.3) is 0 Å². The highest BCUT2D eigenvalue weighted by atomic mass is 79.9. The molecule has 0 spiro atoms. The maximum absolute atomic E-state index is 10.9. The van der Waals surface area contributed by atoms with Gasteiger partial charge in [-0.3, -0.25) is 0 Å². The van der Waals surface area contributed by atoms with Gasteiger partial charge in [-0.15, -0.1) is 0 Å². The lowest BCUT2D eigenvalue weighted by atomic mass is 10.3. The fourth-order valence-corrected chi connectivity index (χ4v) is 1.87. The largest absolute Gasteiger partial charge is 0.477 e. The van der Waals surface area contributed by atoms with Crippen LogP contribution in [0.5, 0.6) is 0 Å². The molecule has 1 atom stereocenters. The molecule has 1 heterocycles. The Morgan fingerprint density at radius 3 is 2.81 bits per heavy atom. The van der Waals surface area contributed by atoms with E-state index >= 15 is 0 Å². The number of carboxylic acid groups (broad SMARTS) is 1. The number of carbonyl (C=O) groups is 1. The van der Waals surface area contributed by atoms with Gasteiger partial charge in [0.15, 0.2) is 0 Å². The van der Waals surface area contributed by atoms with Gasteiger partial charge >= 0.3 is 5.97 Å². The number of aromatic nitrogens is 1. The lowest BCUT2D eigenvalue weighted by Crippen LogP contribution is -2.25. The van der Waals surface area contributed by atoms with Crippen molar-refractivity contribution >= 4 is 21.9 Å². The van der Waals surface area contributed by atoms with Crippen molar-refractivity contribution < 1.29 is 19.4 Å². The molecule has 1 unspecified atom stereocenters. The molecule has 0 saturated carbocycles. The van der Waals surface area contributed by atoms with Crippen molar-refractivity contribution in [2.45, 2.75) is 12.6 Å². The number of hydrogen-bond acceptors (Lipinski definition) is 3. The number of halogens is 1. The molecule has 0 saturated heterocycles. The minimum Gasteiger partial charge on any atom is -0.477 e. The number of hydrogen-bond donors (Lipinski definition) is 1. The standard InChI is InChI=1S/C10H14BrNO4/c1-15-6-8(16-2)5-12-4-7(11)3-9(12)10(13)14/h3-4,8H,5-6H2,1-2H3,(H,13,14). The minimum absolute atomic E-state index is 0.164. The summed E-state index contributed by atoms with van der Waals surface area (Å²) in [5, 5.41) is 8.98. The molecule has 0 aliphatic carbocycles. The van der Waals surface area contributed by atoms with Crippen molar-refractivity contribution in [3.8, 4) is 0 Å². The van der Waals surface area contributed by atoms with Crippen molar-refractivity contribution in [1.82, 2.24) is 4.57 Å². The summed E-state index contributed by atoms with van der Waals surface area (Å²) in [6.07, 6.45) is 1.55. The Morgan fingerprint density at radius 1 is 1.62 bits per heavy atom. The Hall–Kier alpha value is -0.850. The first kappa shape index (κ1) is 13.2. The van der Waals surface area contributed by atoms with Crippen LogP contribution in [-0.4, -0.2) is 42.6 Å². The van der Waals surface area contributed by atoms with Gasteiger partial charge in [0.25, 0.3) is 0 Å². The molecule has 16 heavy (non-hydrogen) atoms. The molecular formula is C10H14BrNO4. The van der Waals surface area contributed by atoms with Crippen molar-refractivity contribution in [3.05, 3.63) is 22.4 Å². The maximum Gasteiger partial charge on any atom is 0.352 e. The molecule has 0 bridgehead atoms. The van der Waals surface area contributed by atoms with Crippen molar-refractivity contribution in [1.29, 1.82) is 0 Å². The lowest BCUT2D eigenvalue weighted by Gasteiger charge is -2.16. The molecule has 0 radical (unpaired) electrons. The van der Waals surface area contributed by atoms with E-state index in [0.29, 0.717) is 13.2 Å². The first-order valence-electron chi connectivity index (χ1n) is 4.69. The topological polar surface area (TPSA) is 60.7 Å². The van der Waals surface area contributed by atoms with Crippen LogP contribution >= 0.6 is 15.9 Å². The number of ether oxygens (including phenoxy) is 2. The zero-order valence-electron chi connectivity index (χ0n) is 9.14. The molecule has 0 aliphatic rings. The second kappa shape index (κ2) is 6.03. The summed E-state index contributed by atoms with van der Waals surface area (Å²) in [6.45, 7) is 0.864. The van der Waals surface area contributed by atoms with Gasteiger partial charge < -0.3 is 19.1 Å². The van der Waals surface area contributed by atoms with Gasteiger partial charge in [0.1, 0.15) is 5.69 Å². The second-order valence-electron chi connectivity index (χ2n) is 3.31. The van der Waals surface area contributed by atoms with Gasteiger partial charge in [-0.2, -0.15) is 0 Å². The van der Waals surface area contributed by atoms with Crippen LogP contribution in [0.1, 0.15) is 10.5 Å². The summed E-state index contributed by atoms with van der Waals surface area (Å²) in [5.74, 6) is -0.960. The van der Waals surface area contributed by atoms with E-state index in [2.05, 4.69) is 15.9 Å². The third-order valence-corrected chi connectivity index (χ3v) is 2.60. The normalized spacial score (nSPS) is 12.7. The first-order chi connectivity index (χ1) is 7.58. The molecule has 0 fully saturated rings. The van der Waals surface area contributed by atoms with Gasteiger partial charge in [-0.1, -0.05) is 0 Å². The van der Waals surface area contributed by atoms with Gasteiger partial charge in [0.05, 0.1) is 19.3 Å². The molecule has 0 aromatic carbocycles.